The smallest absolute Gasteiger partial charge is 0.287 e. The van der Waals surface area contributed by atoms with Gasteiger partial charge >= 0.3 is 0 Å². The molecule has 0 saturated heterocycles. The van der Waals surface area contributed by atoms with Crippen molar-refractivity contribution in [2.45, 2.75) is 30.8 Å². The molecule has 3 aromatic carbocycles. The fourth-order valence-electron chi connectivity index (χ4n) is 3.42. The van der Waals surface area contributed by atoms with Gasteiger partial charge < -0.3 is 15.3 Å². The molecule has 0 unspecified atom stereocenters. The molecule has 2 N–H and O–H groups in total. The van der Waals surface area contributed by atoms with Crippen molar-refractivity contribution in [3.63, 3.8) is 0 Å². The lowest BCUT2D eigenvalue weighted by molar-refractivity contribution is -0.115. The highest BCUT2D eigenvalue weighted by atomic mass is 32.2. The molecule has 7 nitrogen and oxygen atoms in total. The molecule has 0 aliphatic rings. The summed E-state index contributed by atoms with van der Waals surface area (Å²) >= 11 is 0. The fraction of sp³-hybridized carbons (Fsp3) is 0.231. The molecular weight excluding hydrogens is 488 g/mol. The van der Waals surface area contributed by atoms with Gasteiger partial charge in [0.15, 0.2) is 5.82 Å². The fourth-order valence-corrected chi connectivity index (χ4v) is 4.64. The van der Waals surface area contributed by atoms with Crippen LogP contribution in [0.15, 0.2) is 70.0 Å². The second-order valence-electron chi connectivity index (χ2n) is 8.92. The van der Waals surface area contributed by atoms with E-state index in [2.05, 4.69) is 9.71 Å². The Labute approximate surface area is 209 Å². The van der Waals surface area contributed by atoms with Crippen LogP contribution in [0.4, 0.5) is 14.5 Å². The van der Waals surface area contributed by atoms with E-state index >= 15 is 4.39 Å². The van der Waals surface area contributed by atoms with E-state index in [9.17, 15) is 22.7 Å². The summed E-state index contributed by atoms with van der Waals surface area (Å²) in [7, 11) is -1.44. The standard InChI is InChI=1S/C26H27F2N3O4S/c1-26(2,33)19-10-7-9-17(14-19)20-12-13-22(24(28)25(20)36(34,35)29-16-31(3)4)30-23(32)15-18-8-5-6-11-21(18)27/h5-14,16,33H,15H2,1-4H3,(H,30,32). The minimum atomic E-state index is -4.56. The number of halogens is 2. The van der Waals surface area contributed by atoms with Gasteiger partial charge in [0.25, 0.3) is 10.0 Å². The Morgan fingerprint density at radius 2 is 1.78 bits per heavy atom. The number of rotatable bonds is 8. The predicted octanol–water partition coefficient (Wildman–Crippen LogP) is 4.32. The van der Waals surface area contributed by atoms with Crippen molar-refractivity contribution >= 4 is 28.0 Å². The van der Waals surface area contributed by atoms with Gasteiger partial charge in [-0.3, -0.25) is 4.79 Å². The Morgan fingerprint density at radius 1 is 1.08 bits per heavy atom. The Hall–Kier alpha value is -3.63. The van der Waals surface area contributed by atoms with Crippen LogP contribution in [0.5, 0.6) is 0 Å². The van der Waals surface area contributed by atoms with E-state index in [0.29, 0.717) is 11.1 Å². The maximum absolute atomic E-state index is 15.7. The number of hydrogen-bond donors (Lipinski definition) is 2. The first-order valence-corrected chi connectivity index (χ1v) is 12.4. The Morgan fingerprint density at radius 3 is 2.42 bits per heavy atom. The summed E-state index contributed by atoms with van der Waals surface area (Å²) in [4.78, 5) is 13.2. The average molecular weight is 516 g/mol. The number of nitrogens with one attached hydrogen (secondary N) is 1. The quantitative estimate of drug-likeness (QED) is 0.344. The van der Waals surface area contributed by atoms with Crippen LogP contribution in [0.25, 0.3) is 11.1 Å². The Balaban J connectivity index is 2.11. The topological polar surface area (TPSA) is 99.1 Å². The molecule has 0 aliphatic heterocycles. The van der Waals surface area contributed by atoms with Crippen molar-refractivity contribution in [3.05, 3.63) is 83.4 Å². The van der Waals surface area contributed by atoms with Crippen molar-refractivity contribution in [1.82, 2.24) is 4.90 Å². The molecule has 0 heterocycles. The summed E-state index contributed by atoms with van der Waals surface area (Å²) in [6, 6.07) is 14.7. The number of carbonyl (C=O) groups excluding carboxylic acids is 1. The van der Waals surface area contributed by atoms with Crippen LogP contribution >= 0.6 is 0 Å². The van der Waals surface area contributed by atoms with Gasteiger partial charge in [-0.1, -0.05) is 42.5 Å². The van der Waals surface area contributed by atoms with Gasteiger partial charge in [0.1, 0.15) is 17.1 Å². The molecule has 1 amide bonds. The minimum Gasteiger partial charge on any atom is -0.386 e. The molecule has 0 saturated carbocycles. The van der Waals surface area contributed by atoms with Crippen LogP contribution in [0, 0.1) is 11.6 Å². The van der Waals surface area contributed by atoms with Crippen molar-refractivity contribution in [3.8, 4) is 11.1 Å². The highest BCUT2D eigenvalue weighted by Gasteiger charge is 2.27. The van der Waals surface area contributed by atoms with Crippen LogP contribution < -0.4 is 5.32 Å². The number of sulfonamides is 1. The third-order valence-corrected chi connectivity index (χ3v) is 6.52. The van der Waals surface area contributed by atoms with E-state index in [-0.39, 0.29) is 17.5 Å². The van der Waals surface area contributed by atoms with Crippen LogP contribution in [-0.4, -0.2) is 44.8 Å². The molecule has 0 aromatic heterocycles. The van der Waals surface area contributed by atoms with Gasteiger partial charge in [-0.25, -0.2) is 8.78 Å². The number of nitrogens with zero attached hydrogens (tertiary/aromatic N) is 2. The van der Waals surface area contributed by atoms with Gasteiger partial charge in [-0.15, -0.1) is 4.40 Å². The summed E-state index contributed by atoms with van der Waals surface area (Å²) in [6.45, 7) is 3.14. The van der Waals surface area contributed by atoms with Gasteiger partial charge in [0.2, 0.25) is 5.91 Å². The van der Waals surface area contributed by atoms with Gasteiger partial charge in [-0.2, -0.15) is 8.42 Å². The highest BCUT2D eigenvalue weighted by Crippen LogP contribution is 2.36. The summed E-state index contributed by atoms with van der Waals surface area (Å²) in [5, 5.41) is 12.7. The molecule has 0 spiro atoms. The van der Waals surface area contributed by atoms with Gasteiger partial charge in [0, 0.05) is 19.7 Å². The number of aliphatic hydroxyl groups is 1. The normalized spacial score (nSPS) is 12.1. The zero-order valence-corrected chi connectivity index (χ0v) is 21.1. The van der Waals surface area contributed by atoms with Crippen molar-refractivity contribution in [2.24, 2.45) is 4.40 Å². The van der Waals surface area contributed by atoms with E-state index < -0.39 is 43.7 Å². The molecule has 36 heavy (non-hydrogen) atoms. The minimum absolute atomic E-state index is 0.00149. The van der Waals surface area contributed by atoms with Crippen LogP contribution in [0.2, 0.25) is 0 Å². The van der Waals surface area contributed by atoms with Crippen LogP contribution in [-0.2, 0) is 26.8 Å². The molecule has 190 valence electrons. The van der Waals surface area contributed by atoms with E-state index in [1.54, 1.807) is 58.3 Å². The maximum atomic E-state index is 15.7. The second-order valence-corrected chi connectivity index (χ2v) is 10.5. The van der Waals surface area contributed by atoms with Crippen LogP contribution in [0.1, 0.15) is 25.0 Å². The first-order chi connectivity index (χ1) is 16.8. The van der Waals surface area contributed by atoms with Gasteiger partial charge in [-0.05, 0) is 48.7 Å². The third-order valence-electron chi connectivity index (χ3n) is 5.23. The molecule has 3 aromatic rings. The molecular formula is C26H27F2N3O4S. The van der Waals surface area contributed by atoms with E-state index in [4.69, 9.17) is 0 Å². The molecule has 0 bridgehead atoms. The number of benzene rings is 3. The zero-order chi connectivity index (χ0) is 26.7. The molecule has 0 aliphatic carbocycles. The average Bonchev–Trinajstić information content (AvgIpc) is 2.80. The van der Waals surface area contributed by atoms with Crippen molar-refractivity contribution in [1.29, 1.82) is 0 Å². The van der Waals surface area contributed by atoms with E-state index in [1.165, 1.54) is 35.2 Å². The first-order valence-electron chi connectivity index (χ1n) is 11.0. The molecule has 0 radical (unpaired) electrons. The molecule has 3 rings (SSSR count). The van der Waals surface area contributed by atoms with Crippen molar-refractivity contribution in [2.75, 3.05) is 19.4 Å². The summed E-state index contributed by atoms with van der Waals surface area (Å²) in [6.07, 6.45) is 0.650. The predicted molar refractivity (Wildman–Crippen MR) is 135 cm³/mol. The number of anilines is 1. The van der Waals surface area contributed by atoms with Crippen LogP contribution in [0.3, 0.4) is 0 Å². The lowest BCUT2D eigenvalue weighted by Crippen LogP contribution is -2.18. The van der Waals surface area contributed by atoms with Crippen molar-refractivity contribution < 1.29 is 27.1 Å². The summed E-state index contributed by atoms with van der Waals surface area (Å²) < 4.78 is 59.5. The zero-order valence-electron chi connectivity index (χ0n) is 20.3. The third kappa shape index (κ3) is 6.32. The molecule has 0 atom stereocenters. The Bertz CT molecular complexity index is 1410. The number of hydrogen-bond acceptors (Lipinski definition) is 4. The molecule has 0 fully saturated rings. The SMILES string of the molecule is CN(C)C=NS(=O)(=O)c1c(-c2cccc(C(C)(C)O)c2)ccc(NC(=O)Cc2ccccc2F)c1F. The second kappa shape index (κ2) is 10.5. The summed E-state index contributed by atoms with van der Waals surface area (Å²) in [5.41, 5.74) is -0.686. The Kier molecular flexibility index (Phi) is 7.90. The summed E-state index contributed by atoms with van der Waals surface area (Å²) in [5.74, 6) is -2.52. The first kappa shape index (κ1) is 27.0. The maximum Gasteiger partial charge on any atom is 0.287 e. The monoisotopic (exact) mass is 515 g/mol. The highest BCUT2D eigenvalue weighted by molar-refractivity contribution is 7.90. The van der Waals surface area contributed by atoms with Gasteiger partial charge in [0.05, 0.1) is 17.7 Å². The van der Waals surface area contributed by atoms with E-state index in [1.807, 2.05) is 0 Å². The molecule has 10 heteroatoms. The number of carbonyl (C=O) groups is 1. The lowest BCUT2D eigenvalue weighted by atomic mass is 9.94. The van der Waals surface area contributed by atoms with E-state index in [0.717, 1.165) is 6.34 Å². The largest absolute Gasteiger partial charge is 0.386 e. The lowest BCUT2D eigenvalue weighted by Gasteiger charge is -2.19. The number of amides is 1.